The van der Waals surface area contributed by atoms with Gasteiger partial charge in [-0.3, -0.25) is 4.99 Å². The number of aliphatic imine (C=N–C) groups is 1. The second-order valence-corrected chi connectivity index (χ2v) is 3.08. The van der Waals surface area contributed by atoms with E-state index in [1.54, 1.807) is 0 Å². The largest absolute Gasteiger partial charge is 0.303 e. The normalized spacial score (nSPS) is 29.0. The Hall–Kier alpha value is -0.890. The Kier molecular flexibility index (Phi) is 1.62. The van der Waals surface area contributed by atoms with Crippen LogP contribution >= 0.6 is 0 Å². The Morgan fingerprint density at radius 1 is 1.55 bits per heavy atom. The summed E-state index contributed by atoms with van der Waals surface area (Å²) in [6.45, 7) is 3.07. The SMILES string of the molecule is CC1=CC=C2N=CCNC2C1. The van der Waals surface area contributed by atoms with Gasteiger partial charge < -0.3 is 5.32 Å². The molecule has 0 aromatic rings. The Labute approximate surface area is 66.7 Å². The quantitative estimate of drug-likeness (QED) is 0.549. The Morgan fingerprint density at radius 2 is 2.45 bits per heavy atom. The number of fused-ring (bicyclic) bond motifs is 1. The van der Waals surface area contributed by atoms with Crippen molar-refractivity contribution in [2.24, 2.45) is 4.99 Å². The third-order valence-electron chi connectivity index (χ3n) is 2.12. The summed E-state index contributed by atoms with van der Waals surface area (Å²) in [6.07, 6.45) is 7.29. The van der Waals surface area contributed by atoms with Gasteiger partial charge in [-0.25, -0.2) is 0 Å². The molecular weight excluding hydrogens is 136 g/mol. The first-order valence-electron chi connectivity index (χ1n) is 3.99. The maximum atomic E-state index is 4.31. The number of nitrogens with zero attached hydrogens (tertiary/aromatic N) is 1. The minimum atomic E-state index is 0.477. The summed E-state index contributed by atoms with van der Waals surface area (Å²) in [5.74, 6) is 0. The molecule has 2 aliphatic rings. The molecule has 0 amide bonds. The van der Waals surface area contributed by atoms with Crippen LogP contribution in [0.15, 0.2) is 28.4 Å². The van der Waals surface area contributed by atoms with Crippen molar-refractivity contribution >= 4 is 6.21 Å². The maximum absolute atomic E-state index is 4.31. The average Bonchev–Trinajstić information content (AvgIpc) is 2.04. The highest BCUT2D eigenvalue weighted by Crippen LogP contribution is 2.20. The van der Waals surface area contributed by atoms with Gasteiger partial charge >= 0.3 is 0 Å². The highest BCUT2D eigenvalue weighted by molar-refractivity contribution is 5.63. The molecule has 0 fully saturated rings. The van der Waals surface area contributed by atoms with Crippen LogP contribution in [-0.2, 0) is 0 Å². The van der Waals surface area contributed by atoms with Crippen LogP contribution in [-0.4, -0.2) is 18.8 Å². The van der Waals surface area contributed by atoms with Crippen LogP contribution in [0.4, 0.5) is 0 Å². The van der Waals surface area contributed by atoms with E-state index in [9.17, 15) is 0 Å². The lowest BCUT2D eigenvalue weighted by atomic mass is 9.98. The zero-order valence-electron chi connectivity index (χ0n) is 6.67. The van der Waals surface area contributed by atoms with Gasteiger partial charge in [0.15, 0.2) is 0 Å². The number of hydrogen-bond donors (Lipinski definition) is 1. The second kappa shape index (κ2) is 2.62. The minimum Gasteiger partial charge on any atom is -0.303 e. The van der Waals surface area contributed by atoms with E-state index < -0.39 is 0 Å². The molecule has 0 spiro atoms. The van der Waals surface area contributed by atoms with Gasteiger partial charge in [0.1, 0.15) is 0 Å². The van der Waals surface area contributed by atoms with Crippen LogP contribution in [0.5, 0.6) is 0 Å². The molecule has 1 aliphatic carbocycles. The smallest absolute Gasteiger partial charge is 0.0573 e. The third kappa shape index (κ3) is 1.26. The standard InChI is InChI=1S/C9H12N2/c1-7-2-3-8-9(6-7)11-5-4-10-8/h2-4,9,11H,5-6H2,1H3. The third-order valence-corrected chi connectivity index (χ3v) is 2.12. The maximum Gasteiger partial charge on any atom is 0.0573 e. The molecule has 0 radical (unpaired) electrons. The van der Waals surface area contributed by atoms with Crippen LogP contribution in [0, 0.1) is 0 Å². The van der Waals surface area contributed by atoms with Crippen molar-refractivity contribution in [2.45, 2.75) is 19.4 Å². The van der Waals surface area contributed by atoms with Crippen LogP contribution in [0.3, 0.4) is 0 Å². The lowest BCUT2D eigenvalue weighted by molar-refractivity contribution is 0.586. The number of allylic oxidation sites excluding steroid dienone is 2. The molecule has 2 heteroatoms. The van der Waals surface area contributed by atoms with E-state index in [4.69, 9.17) is 0 Å². The summed E-state index contributed by atoms with van der Waals surface area (Å²) in [7, 11) is 0. The highest BCUT2D eigenvalue weighted by atomic mass is 15.0. The van der Waals surface area contributed by atoms with E-state index in [0.717, 1.165) is 13.0 Å². The lowest BCUT2D eigenvalue weighted by Crippen LogP contribution is -2.36. The van der Waals surface area contributed by atoms with Crippen LogP contribution in [0.25, 0.3) is 0 Å². The van der Waals surface area contributed by atoms with Crippen molar-refractivity contribution in [1.82, 2.24) is 5.32 Å². The molecule has 0 aromatic carbocycles. The van der Waals surface area contributed by atoms with Gasteiger partial charge in [0.25, 0.3) is 0 Å². The summed E-state index contributed by atoms with van der Waals surface area (Å²) < 4.78 is 0. The molecule has 1 N–H and O–H groups in total. The van der Waals surface area contributed by atoms with Crippen molar-refractivity contribution in [1.29, 1.82) is 0 Å². The van der Waals surface area contributed by atoms with Gasteiger partial charge in [0, 0.05) is 12.8 Å². The lowest BCUT2D eigenvalue weighted by Gasteiger charge is -2.24. The Balaban J connectivity index is 2.27. The summed E-state index contributed by atoms with van der Waals surface area (Å²) in [5, 5.41) is 3.39. The summed E-state index contributed by atoms with van der Waals surface area (Å²) in [4.78, 5) is 4.31. The number of rotatable bonds is 0. The number of nitrogens with one attached hydrogen (secondary N) is 1. The van der Waals surface area contributed by atoms with E-state index in [0.29, 0.717) is 6.04 Å². The molecule has 0 saturated carbocycles. The van der Waals surface area contributed by atoms with Gasteiger partial charge in [-0.2, -0.15) is 0 Å². The first kappa shape index (κ1) is 6.80. The van der Waals surface area contributed by atoms with Crippen molar-refractivity contribution in [3.63, 3.8) is 0 Å². The average molecular weight is 148 g/mol. The van der Waals surface area contributed by atoms with E-state index in [1.807, 2.05) is 6.21 Å². The van der Waals surface area contributed by atoms with Crippen molar-refractivity contribution in [3.8, 4) is 0 Å². The van der Waals surface area contributed by atoms with Crippen LogP contribution in [0.1, 0.15) is 13.3 Å². The molecular formula is C9H12N2. The monoisotopic (exact) mass is 148 g/mol. The summed E-state index contributed by atoms with van der Waals surface area (Å²) in [5.41, 5.74) is 2.62. The first-order valence-corrected chi connectivity index (χ1v) is 3.99. The van der Waals surface area contributed by atoms with Crippen molar-refractivity contribution < 1.29 is 0 Å². The van der Waals surface area contributed by atoms with Crippen LogP contribution < -0.4 is 5.32 Å². The van der Waals surface area contributed by atoms with Gasteiger partial charge in [0.2, 0.25) is 0 Å². The topological polar surface area (TPSA) is 24.4 Å². The fourth-order valence-corrected chi connectivity index (χ4v) is 1.49. The molecule has 0 saturated heterocycles. The highest BCUT2D eigenvalue weighted by Gasteiger charge is 2.17. The molecule has 0 bridgehead atoms. The van der Waals surface area contributed by atoms with E-state index in [-0.39, 0.29) is 0 Å². The molecule has 2 rings (SSSR count). The van der Waals surface area contributed by atoms with Gasteiger partial charge in [0.05, 0.1) is 11.7 Å². The molecule has 0 aromatic heterocycles. The molecule has 2 nitrogen and oxygen atoms in total. The predicted octanol–water partition coefficient (Wildman–Crippen LogP) is 1.26. The van der Waals surface area contributed by atoms with E-state index in [2.05, 4.69) is 29.4 Å². The van der Waals surface area contributed by atoms with Gasteiger partial charge in [-0.05, 0) is 19.4 Å². The fourth-order valence-electron chi connectivity index (χ4n) is 1.49. The zero-order chi connectivity index (χ0) is 7.68. The van der Waals surface area contributed by atoms with Crippen molar-refractivity contribution in [2.75, 3.05) is 6.54 Å². The number of hydrogen-bond acceptors (Lipinski definition) is 2. The van der Waals surface area contributed by atoms with Gasteiger partial charge in [-0.1, -0.05) is 11.6 Å². The Bertz CT molecular complexity index is 248. The fraction of sp³-hybridized carbons (Fsp3) is 0.444. The molecule has 1 atom stereocenters. The molecule has 11 heavy (non-hydrogen) atoms. The minimum absolute atomic E-state index is 0.477. The molecule has 58 valence electrons. The van der Waals surface area contributed by atoms with E-state index >= 15 is 0 Å². The summed E-state index contributed by atoms with van der Waals surface area (Å²) >= 11 is 0. The molecule has 1 unspecified atom stereocenters. The predicted molar refractivity (Wildman–Crippen MR) is 46.7 cm³/mol. The second-order valence-electron chi connectivity index (χ2n) is 3.08. The first-order chi connectivity index (χ1) is 5.36. The Morgan fingerprint density at radius 3 is 3.36 bits per heavy atom. The molecule has 1 aliphatic heterocycles. The zero-order valence-corrected chi connectivity index (χ0v) is 6.67. The molecule has 1 heterocycles. The van der Waals surface area contributed by atoms with Crippen LogP contribution in [0.2, 0.25) is 0 Å². The van der Waals surface area contributed by atoms with E-state index in [1.165, 1.54) is 11.3 Å². The van der Waals surface area contributed by atoms with Crippen molar-refractivity contribution in [3.05, 3.63) is 23.4 Å². The van der Waals surface area contributed by atoms with Gasteiger partial charge in [-0.15, -0.1) is 0 Å². The summed E-state index contributed by atoms with van der Waals surface area (Å²) in [6, 6.07) is 0.477.